The maximum atomic E-state index is 12.6. The molecule has 0 aliphatic heterocycles. The lowest BCUT2D eigenvalue weighted by Gasteiger charge is -2.11. The van der Waals surface area contributed by atoms with Gasteiger partial charge in [0.1, 0.15) is 11.5 Å². The molecule has 30 heavy (non-hydrogen) atoms. The Morgan fingerprint density at radius 1 is 1.17 bits per heavy atom. The lowest BCUT2D eigenvalue weighted by atomic mass is 10.0. The zero-order valence-electron chi connectivity index (χ0n) is 16.6. The molecule has 3 aromatic rings. The van der Waals surface area contributed by atoms with Gasteiger partial charge in [0.15, 0.2) is 0 Å². The first-order valence-electron chi connectivity index (χ1n) is 9.35. The molecule has 8 heteroatoms. The highest BCUT2D eigenvalue weighted by molar-refractivity contribution is 6.03. The number of hydrogen-bond donors (Lipinski definition) is 1. The number of hydrogen-bond acceptors (Lipinski definition) is 6. The van der Waals surface area contributed by atoms with Gasteiger partial charge in [-0.25, -0.2) is 5.43 Å². The van der Waals surface area contributed by atoms with E-state index in [0.29, 0.717) is 12.4 Å². The molecule has 1 amide bonds. The van der Waals surface area contributed by atoms with Gasteiger partial charge in [-0.15, -0.1) is 0 Å². The molecule has 0 unspecified atom stereocenters. The zero-order valence-corrected chi connectivity index (χ0v) is 16.6. The van der Waals surface area contributed by atoms with Gasteiger partial charge in [-0.3, -0.25) is 14.9 Å². The van der Waals surface area contributed by atoms with Crippen molar-refractivity contribution in [3.8, 4) is 11.5 Å². The van der Waals surface area contributed by atoms with Crippen LogP contribution in [0.2, 0.25) is 0 Å². The smallest absolute Gasteiger partial charge is 0.275 e. The Hall–Kier alpha value is -3.94. The van der Waals surface area contributed by atoms with E-state index in [1.165, 1.54) is 25.5 Å². The van der Waals surface area contributed by atoms with Crippen LogP contribution in [0.25, 0.3) is 10.8 Å². The number of amides is 1. The standard InChI is InChI=1S/C22H21N3O5/c1-3-12-30-21-10-8-15-6-4-5-7-17(15)19(21)14-23-24-22(26)18-13-16(25(27)28)9-11-20(18)29-2/h4-11,13-14H,3,12H2,1-2H3,(H,24,26)/b23-14-. The number of nitro groups is 1. The van der Waals surface area contributed by atoms with E-state index in [9.17, 15) is 14.9 Å². The first-order chi connectivity index (χ1) is 14.5. The maximum absolute atomic E-state index is 12.6. The van der Waals surface area contributed by atoms with Crippen LogP contribution in [-0.4, -0.2) is 30.8 Å². The van der Waals surface area contributed by atoms with Crippen molar-refractivity contribution in [2.75, 3.05) is 13.7 Å². The number of rotatable bonds is 8. The second kappa shape index (κ2) is 9.51. The molecule has 0 fully saturated rings. The SMILES string of the molecule is CCCOc1ccc2ccccc2c1/C=N\NC(=O)c1cc([N+](=O)[O-])ccc1OC. The minimum Gasteiger partial charge on any atom is -0.496 e. The third kappa shape index (κ3) is 4.54. The molecule has 0 atom stereocenters. The van der Waals surface area contributed by atoms with Crippen LogP contribution in [0.1, 0.15) is 29.3 Å². The minimum atomic E-state index is -0.622. The number of nitro benzene ring substituents is 1. The van der Waals surface area contributed by atoms with E-state index in [4.69, 9.17) is 9.47 Å². The van der Waals surface area contributed by atoms with Crippen molar-refractivity contribution in [2.45, 2.75) is 13.3 Å². The van der Waals surface area contributed by atoms with E-state index in [1.54, 1.807) is 0 Å². The maximum Gasteiger partial charge on any atom is 0.275 e. The second-order valence-corrected chi connectivity index (χ2v) is 6.39. The normalized spacial score (nSPS) is 10.9. The van der Waals surface area contributed by atoms with Crippen LogP contribution in [0.4, 0.5) is 5.69 Å². The summed E-state index contributed by atoms with van der Waals surface area (Å²) in [5.41, 5.74) is 2.94. The van der Waals surface area contributed by atoms with Gasteiger partial charge < -0.3 is 9.47 Å². The highest BCUT2D eigenvalue weighted by atomic mass is 16.6. The molecule has 154 valence electrons. The van der Waals surface area contributed by atoms with Crippen LogP contribution in [-0.2, 0) is 0 Å². The lowest BCUT2D eigenvalue weighted by Crippen LogP contribution is -2.18. The average molecular weight is 407 g/mol. The van der Waals surface area contributed by atoms with Gasteiger partial charge in [0.2, 0.25) is 0 Å². The Bertz CT molecular complexity index is 1110. The summed E-state index contributed by atoms with van der Waals surface area (Å²) in [6.45, 7) is 2.57. The molecule has 0 heterocycles. The van der Waals surface area contributed by atoms with Gasteiger partial charge in [0, 0.05) is 17.7 Å². The average Bonchev–Trinajstić information content (AvgIpc) is 2.77. The number of carbonyl (C=O) groups excluding carboxylic acids is 1. The third-order valence-electron chi connectivity index (χ3n) is 4.39. The second-order valence-electron chi connectivity index (χ2n) is 6.39. The molecule has 0 saturated carbocycles. The molecular formula is C22H21N3O5. The van der Waals surface area contributed by atoms with Crippen LogP contribution in [0, 0.1) is 10.1 Å². The summed E-state index contributed by atoms with van der Waals surface area (Å²) in [5, 5.41) is 17.0. The fraction of sp³-hybridized carbons (Fsp3) is 0.182. The van der Waals surface area contributed by atoms with Crippen LogP contribution in [0.3, 0.4) is 0 Å². The molecule has 1 N–H and O–H groups in total. The molecule has 0 spiro atoms. The lowest BCUT2D eigenvalue weighted by molar-refractivity contribution is -0.384. The Morgan fingerprint density at radius 2 is 1.93 bits per heavy atom. The van der Waals surface area contributed by atoms with E-state index in [-0.39, 0.29) is 17.0 Å². The number of nitrogens with zero attached hydrogens (tertiary/aromatic N) is 2. The number of non-ortho nitro benzene ring substituents is 1. The largest absolute Gasteiger partial charge is 0.496 e. The van der Waals surface area contributed by atoms with Gasteiger partial charge in [-0.05, 0) is 29.3 Å². The number of nitrogens with one attached hydrogen (secondary N) is 1. The number of benzene rings is 3. The molecule has 0 bridgehead atoms. The minimum absolute atomic E-state index is 0.0178. The van der Waals surface area contributed by atoms with Crippen LogP contribution < -0.4 is 14.9 Å². The molecule has 0 radical (unpaired) electrons. The molecule has 0 aromatic heterocycles. The van der Waals surface area contributed by atoms with E-state index < -0.39 is 10.8 Å². The van der Waals surface area contributed by atoms with E-state index in [2.05, 4.69) is 10.5 Å². The van der Waals surface area contributed by atoms with Crippen molar-refractivity contribution in [3.05, 3.63) is 75.8 Å². The van der Waals surface area contributed by atoms with Gasteiger partial charge in [-0.1, -0.05) is 37.3 Å². The van der Waals surface area contributed by atoms with Crippen LogP contribution >= 0.6 is 0 Å². The number of methoxy groups -OCH3 is 1. The Balaban J connectivity index is 1.90. The summed E-state index contributed by atoms with van der Waals surface area (Å²) >= 11 is 0. The third-order valence-corrected chi connectivity index (χ3v) is 4.39. The van der Waals surface area contributed by atoms with Gasteiger partial charge in [0.25, 0.3) is 11.6 Å². The summed E-state index contributed by atoms with van der Waals surface area (Å²) < 4.78 is 10.9. The van der Waals surface area contributed by atoms with Crippen LogP contribution in [0.5, 0.6) is 11.5 Å². The molecule has 0 aliphatic carbocycles. The molecule has 0 aliphatic rings. The first-order valence-corrected chi connectivity index (χ1v) is 9.35. The highest BCUT2D eigenvalue weighted by Gasteiger charge is 2.17. The molecule has 0 saturated heterocycles. The summed E-state index contributed by atoms with van der Waals surface area (Å²) in [6.07, 6.45) is 2.36. The fourth-order valence-electron chi connectivity index (χ4n) is 2.95. The van der Waals surface area contributed by atoms with Crippen molar-refractivity contribution in [2.24, 2.45) is 5.10 Å². The molecule has 3 aromatic carbocycles. The van der Waals surface area contributed by atoms with Crippen molar-refractivity contribution >= 4 is 28.6 Å². The fourth-order valence-corrected chi connectivity index (χ4v) is 2.95. The van der Waals surface area contributed by atoms with E-state index in [0.717, 1.165) is 28.8 Å². The van der Waals surface area contributed by atoms with Crippen LogP contribution in [0.15, 0.2) is 59.7 Å². The predicted octanol–water partition coefficient (Wildman–Crippen LogP) is 4.31. The molecule has 3 rings (SSSR count). The summed E-state index contributed by atoms with van der Waals surface area (Å²) in [4.78, 5) is 23.0. The summed E-state index contributed by atoms with van der Waals surface area (Å²) in [5.74, 6) is 0.245. The number of carbonyl (C=O) groups is 1. The number of ether oxygens (including phenoxy) is 2. The number of hydrazone groups is 1. The van der Waals surface area contributed by atoms with Gasteiger partial charge in [0.05, 0.1) is 30.4 Å². The van der Waals surface area contributed by atoms with Crippen molar-refractivity contribution < 1.29 is 19.2 Å². The van der Waals surface area contributed by atoms with Gasteiger partial charge >= 0.3 is 0 Å². The van der Waals surface area contributed by atoms with Crippen molar-refractivity contribution in [1.29, 1.82) is 0 Å². The van der Waals surface area contributed by atoms with E-state index >= 15 is 0 Å². The highest BCUT2D eigenvalue weighted by Crippen LogP contribution is 2.27. The molecular weight excluding hydrogens is 386 g/mol. The number of fused-ring (bicyclic) bond motifs is 1. The quantitative estimate of drug-likeness (QED) is 0.340. The van der Waals surface area contributed by atoms with Gasteiger partial charge in [-0.2, -0.15) is 5.10 Å². The Kier molecular flexibility index (Phi) is 6.59. The summed E-state index contributed by atoms with van der Waals surface area (Å²) in [6, 6.07) is 15.4. The summed E-state index contributed by atoms with van der Waals surface area (Å²) in [7, 11) is 1.38. The Morgan fingerprint density at radius 3 is 2.67 bits per heavy atom. The Labute approximate surface area is 173 Å². The predicted molar refractivity (Wildman–Crippen MR) is 114 cm³/mol. The van der Waals surface area contributed by atoms with E-state index in [1.807, 2.05) is 43.3 Å². The topological polar surface area (TPSA) is 103 Å². The monoisotopic (exact) mass is 407 g/mol. The molecule has 8 nitrogen and oxygen atoms in total. The zero-order chi connectivity index (χ0) is 21.5. The first kappa shape index (κ1) is 20.8. The van der Waals surface area contributed by atoms with Crippen molar-refractivity contribution in [3.63, 3.8) is 0 Å². The van der Waals surface area contributed by atoms with Crippen molar-refractivity contribution in [1.82, 2.24) is 5.43 Å².